The minimum atomic E-state index is 0. The van der Waals surface area contributed by atoms with Crippen LogP contribution in [0.1, 0.15) is 30.6 Å². The molecule has 0 unspecified atom stereocenters. The van der Waals surface area contributed by atoms with Gasteiger partial charge in [0.2, 0.25) is 0 Å². The van der Waals surface area contributed by atoms with Crippen molar-refractivity contribution in [1.29, 1.82) is 0 Å². The predicted molar refractivity (Wildman–Crippen MR) is 97.2 cm³/mol. The van der Waals surface area contributed by atoms with Gasteiger partial charge in [0.05, 0.1) is 0 Å². The van der Waals surface area contributed by atoms with Gasteiger partial charge in [0, 0.05) is 25.0 Å². The van der Waals surface area contributed by atoms with E-state index in [0.29, 0.717) is 5.41 Å². The third kappa shape index (κ3) is 4.10. The lowest BCUT2D eigenvalue weighted by Crippen LogP contribution is -2.41. The molecule has 20 heavy (non-hydrogen) atoms. The summed E-state index contributed by atoms with van der Waals surface area (Å²) in [6.07, 6.45) is 6.80. The number of guanidine groups is 1. The van der Waals surface area contributed by atoms with E-state index in [1.54, 1.807) is 0 Å². The van der Waals surface area contributed by atoms with Gasteiger partial charge in [-0.05, 0) is 54.9 Å². The molecule has 0 bridgehead atoms. The summed E-state index contributed by atoms with van der Waals surface area (Å²) >= 11 is 1.82. The van der Waals surface area contributed by atoms with Gasteiger partial charge in [-0.3, -0.25) is 4.99 Å². The maximum absolute atomic E-state index is 4.32. The molecule has 3 nitrogen and oxygen atoms in total. The fourth-order valence-corrected chi connectivity index (χ4v) is 3.53. The van der Waals surface area contributed by atoms with E-state index in [4.69, 9.17) is 0 Å². The Hall–Kier alpha value is -0.300. The molecule has 0 saturated heterocycles. The second-order valence-electron chi connectivity index (χ2n) is 5.82. The highest BCUT2D eigenvalue weighted by atomic mass is 127. The van der Waals surface area contributed by atoms with Crippen LogP contribution in [0.4, 0.5) is 0 Å². The maximum atomic E-state index is 4.32. The molecule has 0 radical (unpaired) electrons. The molecular weight excluding hydrogens is 381 g/mol. The number of hydrogen-bond acceptors (Lipinski definition) is 2. The zero-order valence-corrected chi connectivity index (χ0v) is 15.2. The molecule has 0 spiro atoms. The van der Waals surface area contributed by atoms with Crippen LogP contribution in [0.25, 0.3) is 0 Å². The monoisotopic (exact) mass is 405 g/mol. The average Bonchev–Trinajstić information content (AvgIpc) is 3.33. The van der Waals surface area contributed by atoms with Gasteiger partial charge in [-0.25, -0.2) is 0 Å². The van der Waals surface area contributed by atoms with Gasteiger partial charge in [0.25, 0.3) is 0 Å². The zero-order valence-electron chi connectivity index (χ0n) is 12.0. The number of nitrogens with zero attached hydrogens (tertiary/aromatic N) is 1. The van der Waals surface area contributed by atoms with Crippen LogP contribution in [0.3, 0.4) is 0 Å². The summed E-state index contributed by atoms with van der Waals surface area (Å²) in [7, 11) is 1.86. The van der Waals surface area contributed by atoms with Gasteiger partial charge in [-0.2, -0.15) is 0 Å². The molecule has 0 aliphatic heterocycles. The molecule has 0 atom stereocenters. The highest BCUT2D eigenvalue weighted by Crippen LogP contribution is 2.60. The lowest BCUT2D eigenvalue weighted by Gasteiger charge is -2.17. The van der Waals surface area contributed by atoms with Crippen LogP contribution in [0.5, 0.6) is 0 Å². The van der Waals surface area contributed by atoms with Crippen molar-refractivity contribution in [3.63, 3.8) is 0 Å². The Morgan fingerprint density at radius 2 is 2.20 bits per heavy atom. The van der Waals surface area contributed by atoms with E-state index in [1.165, 1.54) is 30.6 Å². The molecule has 2 fully saturated rings. The Balaban J connectivity index is 0.00000147. The largest absolute Gasteiger partial charge is 0.356 e. The van der Waals surface area contributed by atoms with Gasteiger partial charge < -0.3 is 10.6 Å². The molecule has 2 aliphatic carbocycles. The van der Waals surface area contributed by atoms with Crippen LogP contribution >= 0.6 is 35.3 Å². The van der Waals surface area contributed by atoms with E-state index >= 15 is 0 Å². The fraction of sp³-hybridized carbons (Fsp3) is 0.667. The Kier molecular flexibility index (Phi) is 5.72. The molecule has 1 aromatic rings. The minimum absolute atomic E-state index is 0. The van der Waals surface area contributed by atoms with Crippen molar-refractivity contribution in [1.82, 2.24) is 10.6 Å². The summed E-state index contributed by atoms with van der Waals surface area (Å²) in [5.74, 6) is 1.97. The van der Waals surface area contributed by atoms with Crippen molar-refractivity contribution in [3.05, 3.63) is 22.4 Å². The number of aliphatic imine (C=N–C) groups is 1. The Morgan fingerprint density at radius 3 is 2.75 bits per heavy atom. The first-order valence-corrected chi connectivity index (χ1v) is 8.17. The number of nitrogens with one attached hydrogen (secondary N) is 2. The third-order valence-electron chi connectivity index (χ3n) is 4.41. The highest BCUT2D eigenvalue weighted by molar-refractivity contribution is 14.0. The normalized spacial score (nSPS) is 20.1. The Bertz CT molecular complexity index is 436. The van der Waals surface area contributed by atoms with E-state index in [-0.39, 0.29) is 24.0 Å². The predicted octanol–water partition coefficient (Wildman–Crippen LogP) is 3.26. The molecular formula is C15H24IN3S. The summed E-state index contributed by atoms with van der Waals surface area (Å²) < 4.78 is 0. The van der Waals surface area contributed by atoms with Gasteiger partial charge >= 0.3 is 0 Å². The summed E-state index contributed by atoms with van der Waals surface area (Å²) in [6, 6.07) is 4.30. The van der Waals surface area contributed by atoms with Crippen molar-refractivity contribution in [2.45, 2.75) is 32.1 Å². The topological polar surface area (TPSA) is 36.4 Å². The summed E-state index contributed by atoms with van der Waals surface area (Å²) in [4.78, 5) is 5.75. The first-order chi connectivity index (χ1) is 9.32. The molecule has 1 aromatic heterocycles. The van der Waals surface area contributed by atoms with E-state index in [2.05, 4.69) is 33.1 Å². The van der Waals surface area contributed by atoms with E-state index in [1.807, 2.05) is 18.4 Å². The van der Waals surface area contributed by atoms with Crippen molar-refractivity contribution >= 4 is 41.3 Å². The minimum Gasteiger partial charge on any atom is -0.356 e. The lowest BCUT2D eigenvalue weighted by molar-refractivity contribution is 0.431. The Morgan fingerprint density at radius 1 is 1.40 bits per heavy atom. The van der Waals surface area contributed by atoms with Gasteiger partial charge in [-0.15, -0.1) is 35.3 Å². The molecule has 3 rings (SSSR count). The molecule has 0 aromatic carbocycles. The lowest BCUT2D eigenvalue weighted by atomic mass is 10.0. The summed E-state index contributed by atoms with van der Waals surface area (Å²) in [5, 5.41) is 9.06. The zero-order chi connectivity index (χ0) is 13.1. The van der Waals surface area contributed by atoms with Crippen molar-refractivity contribution < 1.29 is 0 Å². The van der Waals surface area contributed by atoms with Crippen LogP contribution < -0.4 is 10.6 Å². The summed E-state index contributed by atoms with van der Waals surface area (Å²) in [5.41, 5.74) is 0.630. The number of halogens is 1. The highest BCUT2D eigenvalue weighted by Gasteiger charge is 2.53. The molecule has 2 N–H and O–H groups in total. The van der Waals surface area contributed by atoms with Crippen molar-refractivity contribution in [2.75, 3.05) is 20.1 Å². The molecule has 2 saturated carbocycles. The number of hydrogen-bond donors (Lipinski definition) is 2. The number of rotatable bonds is 6. The number of thiophene rings is 1. The van der Waals surface area contributed by atoms with E-state index < -0.39 is 0 Å². The second kappa shape index (κ2) is 7.11. The molecule has 2 aliphatic rings. The molecule has 5 heteroatoms. The van der Waals surface area contributed by atoms with Crippen LogP contribution in [0.15, 0.2) is 22.5 Å². The van der Waals surface area contributed by atoms with E-state index in [9.17, 15) is 0 Å². The summed E-state index contributed by atoms with van der Waals surface area (Å²) in [6.45, 7) is 2.06. The van der Waals surface area contributed by atoms with Crippen LogP contribution in [-0.4, -0.2) is 26.1 Å². The van der Waals surface area contributed by atoms with Gasteiger partial charge in [-0.1, -0.05) is 6.07 Å². The smallest absolute Gasteiger partial charge is 0.191 e. The molecule has 0 amide bonds. The average molecular weight is 405 g/mol. The quantitative estimate of drug-likeness (QED) is 0.433. The Labute approximate surface area is 142 Å². The molecule has 1 heterocycles. The fourth-order valence-electron chi connectivity index (χ4n) is 2.82. The van der Waals surface area contributed by atoms with Crippen molar-refractivity contribution in [2.24, 2.45) is 16.3 Å². The van der Waals surface area contributed by atoms with Crippen molar-refractivity contribution in [3.8, 4) is 0 Å². The van der Waals surface area contributed by atoms with Crippen LogP contribution in [0.2, 0.25) is 0 Å². The van der Waals surface area contributed by atoms with Crippen LogP contribution in [-0.2, 0) is 6.42 Å². The third-order valence-corrected chi connectivity index (χ3v) is 5.35. The van der Waals surface area contributed by atoms with Crippen LogP contribution in [0, 0.1) is 11.3 Å². The second-order valence-corrected chi connectivity index (χ2v) is 6.85. The van der Waals surface area contributed by atoms with E-state index in [0.717, 1.165) is 31.4 Å². The van der Waals surface area contributed by atoms with Gasteiger partial charge in [0.15, 0.2) is 5.96 Å². The molecule has 112 valence electrons. The standard InChI is InChI=1S/C15H23N3S.HI/c1-16-14(17-9-6-13-3-2-10-19-13)18-11-15(7-8-15)12-4-5-12;/h2-3,10,12H,4-9,11H2,1H3,(H2,16,17,18);1H. The SMILES string of the molecule is CN=C(NCCc1cccs1)NCC1(C2CC2)CC1.I. The first kappa shape index (κ1) is 16.1. The van der Waals surface area contributed by atoms with Gasteiger partial charge in [0.1, 0.15) is 0 Å². The maximum Gasteiger partial charge on any atom is 0.191 e. The first-order valence-electron chi connectivity index (χ1n) is 7.29.